The highest BCUT2D eigenvalue weighted by atomic mass is 16.1. The maximum atomic E-state index is 11.1. The summed E-state index contributed by atoms with van der Waals surface area (Å²) in [5.74, 6) is -0.295. The second-order valence-corrected chi connectivity index (χ2v) is 5.10. The van der Waals surface area contributed by atoms with Crippen molar-refractivity contribution in [3.63, 3.8) is 0 Å². The Kier molecular flexibility index (Phi) is 3.38. The fraction of sp³-hybridized carbons (Fsp3) is 0.167. The number of fused-ring (bicyclic) bond motifs is 2. The molecular formula is C18H17NO. The third-order valence-corrected chi connectivity index (χ3v) is 3.79. The van der Waals surface area contributed by atoms with Crippen LogP contribution in [-0.2, 0) is 17.6 Å². The number of primary amides is 1. The van der Waals surface area contributed by atoms with Gasteiger partial charge < -0.3 is 5.73 Å². The molecule has 0 aromatic heterocycles. The molecular weight excluding hydrogens is 246 g/mol. The van der Waals surface area contributed by atoms with Crippen LogP contribution in [0.2, 0.25) is 0 Å². The number of rotatable bonds is 2. The van der Waals surface area contributed by atoms with Crippen molar-refractivity contribution in [2.75, 3.05) is 0 Å². The van der Waals surface area contributed by atoms with Gasteiger partial charge in [0, 0.05) is 6.42 Å². The van der Waals surface area contributed by atoms with Crippen molar-refractivity contribution in [3.05, 3.63) is 76.9 Å². The molecule has 20 heavy (non-hydrogen) atoms. The maximum Gasteiger partial charge on any atom is 0.221 e. The van der Waals surface area contributed by atoms with Crippen molar-refractivity contribution >= 4 is 11.5 Å². The van der Waals surface area contributed by atoms with Gasteiger partial charge in [-0.25, -0.2) is 0 Å². The van der Waals surface area contributed by atoms with Crippen molar-refractivity contribution in [2.24, 2.45) is 5.73 Å². The lowest BCUT2D eigenvalue weighted by molar-refractivity contribution is -0.117. The van der Waals surface area contributed by atoms with Gasteiger partial charge in [-0.1, -0.05) is 54.6 Å². The van der Waals surface area contributed by atoms with E-state index in [0.29, 0.717) is 0 Å². The van der Waals surface area contributed by atoms with E-state index in [1.165, 1.54) is 22.3 Å². The number of hydrogen-bond donors (Lipinski definition) is 1. The minimum Gasteiger partial charge on any atom is -0.369 e. The van der Waals surface area contributed by atoms with Crippen LogP contribution in [0, 0.1) is 0 Å². The number of benzene rings is 2. The zero-order valence-electron chi connectivity index (χ0n) is 11.3. The summed E-state index contributed by atoms with van der Waals surface area (Å²) < 4.78 is 0. The number of hydrogen-bond acceptors (Lipinski definition) is 1. The van der Waals surface area contributed by atoms with Crippen LogP contribution in [0.5, 0.6) is 0 Å². The zero-order chi connectivity index (χ0) is 13.9. The highest BCUT2D eigenvalue weighted by Crippen LogP contribution is 2.33. The minimum atomic E-state index is -0.295. The lowest BCUT2D eigenvalue weighted by Crippen LogP contribution is -2.08. The van der Waals surface area contributed by atoms with Gasteiger partial charge >= 0.3 is 0 Å². The Balaban J connectivity index is 2.19. The molecule has 2 nitrogen and oxygen atoms in total. The smallest absolute Gasteiger partial charge is 0.221 e. The summed E-state index contributed by atoms with van der Waals surface area (Å²) in [5, 5.41) is 0. The average Bonchev–Trinajstić information content (AvgIpc) is 2.62. The summed E-state index contributed by atoms with van der Waals surface area (Å²) in [6.07, 6.45) is 4.30. The first-order valence-electron chi connectivity index (χ1n) is 6.91. The molecule has 0 bridgehead atoms. The van der Waals surface area contributed by atoms with E-state index < -0.39 is 0 Å². The Hall–Kier alpha value is -2.35. The van der Waals surface area contributed by atoms with E-state index in [2.05, 4.69) is 36.4 Å². The molecule has 2 N–H and O–H groups in total. The Morgan fingerprint density at radius 1 is 0.950 bits per heavy atom. The third-order valence-electron chi connectivity index (χ3n) is 3.79. The van der Waals surface area contributed by atoms with Gasteiger partial charge in [0.2, 0.25) is 5.91 Å². The first kappa shape index (κ1) is 12.7. The first-order chi connectivity index (χ1) is 9.75. The molecule has 2 heteroatoms. The predicted octanol–water partition coefficient (Wildman–Crippen LogP) is 3.09. The Morgan fingerprint density at radius 2 is 1.45 bits per heavy atom. The van der Waals surface area contributed by atoms with Crippen molar-refractivity contribution in [1.82, 2.24) is 0 Å². The van der Waals surface area contributed by atoms with Crippen LogP contribution in [0.1, 0.15) is 28.7 Å². The number of carbonyl (C=O) groups excluding carboxylic acids is 1. The molecule has 0 fully saturated rings. The van der Waals surface area contributed by atoms with E-state index in [4.69, 9.17) is 5.73 Å². The monoisotopic (exact) mass is 263 g/mol. The van der Waals surface area contributed by atoms with E-state index in [1.54, 1.807) is 0 Å². The Labute approximate surface area is 118 Å². The Morgan fingerprint density at radius 3 is 1.95 bits per heavy atom. The van der Waals surface area contributed by atoms with Gasteiger partial charge in [0.1, 0.15) is 0 Å². The summed E-state index contributed by atoms with van der Waals surface area (Å²) in [6, 6.07) is 16.8. The summed E-state index contributed by atoms with van der Waals surface area (Å²) in [7, 11) is 0. The van der Waals surface area contributed by atoms with Crippen molar-refractivity contribution in [3.8, 4) is 0 Å². The fourth-order valence-electron chi connectivity index (χ4n) is 2.84. The highest BCUT2D eigenvalue weighted by molar-refractivity contribution is 5.87. The number of aryl methyl sites for hydroxylation is 2. The molecule has 0 unspecified atom stereocenters. The molecule has 3 rings (SSSR count). The standard InChI is InChI=1S/C18H17NO/c19-18(20)12-11-17-15-7-3-1-5-13(15)9-10-14-6-2-4-8-16(14)17/h1-8,11H,9-10,12H2,(H2,19,20). The molecule has 0 radical (unpaired) electrons. The Bertz CT molecular complexity index is 636. The van der Waals surface area contributed by atoms with E-state index in [1.807, 2.05) is 18.2 Å². The average molecular weight is 263 g/mol. The molecule has 0 atom stereocenters. The zero-order valence-corrected chi connectivity index (χ0v) is 11.3. The molecule has 1 aliphatic rings. The molecule has 0 saturated carbocycles. The predicted molar refractivity (Wildman–Crippen MR) is 81.2 cm³/mol. The van der Waals surface area contributed by atoms with Gasteiger partial charge in [-0.2, -0.15) is 0 Å². The number of carbonyl (C=O) groups is 1. The van der Waals surface area contributed by atoms with Gasteiger partial charge in [0.15, 0.2) is 0 Å². The molecule has 1 aliphatic carbocycles. The topological polar surface area (TPSA) is 43.1 Å². The number of amides is 1. The number of nitrogens with two attached hydrogens (primary N) is 1. The van der Waals surface area contributed by atoms with Crippen molar-refractivity contribution in [1.29, 1.82) is 0 Å². The lowest BCUT2D eigenvalue weighted by atomic mass is 9.93. The summed E-state index contributed by atoms with van der Waals surface area (Å²) in [5.41, 5.74) is 11.5. The molecule has 2 aromatic rings. The normalized spacial score (nSPS) is 13.1. The molecule has 100 valence electrons. The summed E-state index contributed by atoms with van der Waals surface area (Å²) in [6.45, 7) is 0. The van der Waals surface area contributed by atoms with Crippen LogP contribution in [-0.4, -0.2) is 5.91 Å². The highest BCUT2D eigenvalue weighted by Gasteiger charge is 2.17. The van der Waals surface area contributed by atoms with Crippen LogP contribution in [0.25, 0.3) is 5.57 Å². The largest absolute Gasteiger partial charge is 0.369 e. The SMILES string of the molecule is NC(=O)CC=C1c2ccccc2CCc2ccccc21. The van der Waals surface area contributed by atoms with Crippen LogP contribution < -0.4 is 5.73 Å². The molecule has 2 aromatic carbocycles. The quantitative estimate of drug-likeness (QED) is 0.889. The summed E-state index contributed by atoms with van der Waals surface area (Å²) in [4.78, 5) is 11.1. The van der Waals surface area contributed by atoms with Crippen LogP contribution in [0.15, 0.2) is 54.6 Å². The maximum absolute atomic E-state index is 11.1. The van der Waals surface area contributed by atoms with Crippen molar-refractivity contribution < 1.29 is 4.79 Å². The van der Waals surface area contributed by atoms with Gasteiger partial charge in [-0.05, 0) is 40.7 Å². The van der Waals surface area contributed by atoms with Gasteiger partial charge in [0.25, 0.3) is 0 Å². The van der Waals surface area contributed by atoms with E-state index in [-0.39, 0.29) is 12.3 Å². The van der Waals surface area contributed by atoms with E-state index >= 15 is 0 Å². The van der Waals surface area contributed by atoms with Crippen LogP contribution >= 0.6 is 0 Å². The van der Waals surface area contributed by atoms with Crippen LogP contribution in [0.4, 0.5) is 0 Å². The third kappa shape index (κ3) is 2.37. The first-order valence-corrected chi connectivity index (χ1v) is 6.91. The van der Waals surface area contributed by atoms with E-state index in [9.17, 15) is 4.79 Å². The fourth-order valence-corrected chi connectivity index (χ4v) is 2.84. The van der Waals surface area contributed by atoms with Gasteiger partial charge in [0.05, 0.1) is 0 Å². The van der Waals surface area contributed by atoms with Gasteiger partial charge in [-0.3, -0.25) is 4.79 Å². The lowest BCUT2D eigenvalue weighted by Gasteiger charge is -2.11. The second-order valence-electron chi connectivity index (χ2n) is 5.10. The molecule has 0 aliphatic heterocycles. The van der Waals surface area contributed by atoms with Crippen LogP contribution in [0.3, 0.4) is 0 Å². The molecule has 0 saturated heterocycles. The van der Waals surface area contributed by atoms with Crippen molar-refractivity contribution in [2.45, 2.75) is 19.3 Å². The second kappa shape index (κ2) is 5.33. The molecule has 1 amide bonds. The minimum absolute atomic E-state index is 0.276. The van der Waals surface area contributed by atoms with Gasteiger partial charge in [-0.15, -0.1) is 0 Å². The molecule has 0 heterocycles. The summed E-state index contributed by atoms with van der Waals surface area (Å²) >= 11 is 0. The molecule has 0 spiro atoms. The van der Waals surface area contributed by atoms with E-state index in [0.717, 1.165) is 18.4 Å².